The maximum atomic E-state index is 12.8. The highest BCUT2D eigenvalue weighted by Crippen LogP contribution is 2.33. The zero-order chi connectivity index (χ0) is 16.8. The molecule has 0 aliphatic carbocycles. The van der Waals surface area contributed by atoms with Crippen molar-refractivity contribution in [2.75, 3.05) is 5.75 Å². The molecule has 0 atom stereocenters. The average molecular weight is 341 g/mol. The van der Waals surface area contributed by atoms with Crippen LogP contribution < -0.4 is 0 Å². The monoisotopic (exact) mass is 341 g/mol. The SMILES string of the molecule is CCSc1c(-c2nc3cc(C(F)(F)F)cnc3n2C)ncn1C. The summed E-state index contributed by atoms with van der Waals surface area (Å²) in [6.07, 6.45) is -1.94. The van der Waals surface area contributed by atoms with Crippen molar-refractivity contribution >= 4 is 22.9 Å². The molecule has 9 heteroatoms. The van der Waals surface area contributed by atoms with Crippen molar-refractivity contribution < 1.29 is 13.2 Å². The lowest BCUT2D eigenvalue weighted by Crippen LogP contribution is -2.05. The molecule has 0 fully saturated rings. The molecule has 0 radical (unpaired) electrons. The molecule has 3 aromatic heterocycles. The molecule has 0 N–H and O–H groups in total. The maximum Gasteiger partial charge on any atom is 0.417 e. The molecular formula is C14H14F3N5S. The van der Waals surface area contributed by atoms with Gasteiger partial charge in [-0.2, -0.15) is 13.2 Å². The van der Waals surface area contributed by atoms with Gasteiger partial charge in [-0.05, 0) is 11.8 Å². The number of alkyl halides is 3. The largest absolute Gasteiger partial charge is 0.417 e. The normalized spacial score (nSPS) is 12.3. The second-order valence-electron chi connectivity index (χ2n) is 5.00. The van der Waals surface area contributed by atoms with Gasteiger partial charge in [-0.15, -0.1) is 11.8 Å². The van der Waals surface area contributed by atoms with Crippen LogP contribution in [0.2, 0.25) is 0 Å². The molecule has 5 nitrogen and oxygen atoms in total. The van der Waals surface area contributed by atoms with Crippen molar-refractivity contribution in [1.82, 2.24) is 24.1 Å². The molecule has 3 rings (SSSR count). The second kappa shape index (κ2) is 5.55. The van der Waals surface area contributed by atoms with E-state index >= 15 is 0 Å². The topological polar surface area (TPSA) is 48.5 Å². The average Bonchev–Trinajstić information content (AvgIpc) is 3.00. The molecule has 0 unspecified atom stereocenters. The molecule has 0 bridgehead atoms. The van der Waals surface area contributed by atoms with Gasteiger partial charge in [0, 0.05) is 20.3 Å². The van der Waals surface area contributed by atoms with Gasteiger partial charge in [-0.25, -0.2) is 15.0 Å². The van der Waals surface area contributed by atoms with E-state index in [-0.39, 0.29) is 5.52 Å². The number of nitrogens with zero attached hydrogens (tertiary/aromatic N) is 5. The highest BCUT2D eigenvalue weighted by molar-refractivity contribution is 7.99. The number of hydrogen-bond donors (Lipinski definition) is 0. The van der Waals surface area contributed by atoms with Crippen LogP contribution in [0.3, 0.4) is 0 Å². The van der Waals surface area contributed by atoms with E-state index in [0.29, 0.717) is 17.2 Å². The van der Waals surface area contributed by atoms with E-state index in [0.717, 1.165) is 23.0 Å². The molecule has 23 heavy (non-hydrogen) atoms. The predicted octanol–water partition coefficient (Wildman–Crippen LogP) is 3.50. The summed E-state index contributed by atoms with van der Waals surface area (Å²) < 4.78 is 42.0. The summed E-state index contributed by atoms with van der Waals surface area (Å²) in [5.74, 6) is 1.36. The summed E-state index contributed by atoms with van der Waals surface area (Å²) in [5, 5.41) is 0.918. The predicted molar refractivity (Wildman–Crippen MR) is 82.1 cm³/mol. The van der Waals surface area contributed by atoms with Crippen LogP contribution >= 0.6 is 11.8 Å². The molecule has 3 aromatic rings. The standard InChI is InChI=1S/C14H14F3N5S/c1-4-23-13-10(19-7-21(13)2)12-20-9-5-8(14(15,16)17)6-18-11(9)22(12)3/h5-7H,4H2,1-3H3. The van der Waals surface area contributed by atoms with E-state index in [2.05, 4.69) is 15.0 Å². The Balaban J connectivity index is 2.18. The van der Waals surface area contributed by atoms with Gasteiger partial charge in [0.05, 0.1) is 11.9 Å². The van der Waals surface area contributed by atoms with Crippen LogP contribution in [0.15, 0.2) is 23.6 Å². The van der Waals surface area contributed by atoms with Crippen LogP contribution in [0.25, 0.3) is 22.7 Å². The molecular weight excluding hydrogens is 327 g/mol. The van der Waals surface area contributed by atoms with Crippen LogP contribution in [-0.4, -0.2) is 29.8 Å². The fourth-order valence-electron chi connectivity index (χ4n) is 2.32. The lowest BCUT2D eigenvalue weighted by Gasteiger charge is -2.05. The van der Waals surface area contributed by atoms with E-state index < -0.39 is 11.7 Å². The van der Waals surface area contributed by atoms with Crippen molar-refractivity contribution in [3.63, 3.8) is 0 Å². The molecule has 0 spiro atoms. The lowest BCUT2D eigenvalue weighted by atomic mass is 10.2. The van der Waals surface area contributed by atoms with Crippen molar-refractivity contribution in [3.05, 3.63) is 24.2 Å². The fraction of sp³-hybridized carbons (Fsp3) is 0.357. The van der Waals surface area contributed by atoms with Gasteiger partial charge in [0.15, 0.2) is 11.5 Å². The molecule has 3 heterocycles. The van der Waals surface area contributed by atoms with Crippen molar-refractivity contribution in [2.45, 2.75) is 18.1 Å². The van der Waals surface area contributed by atoms with Gasteiger partial charge in [0.2, 0.25) is 0 Å². The first kappa shape index (κ1) is 15.9. The fourth-order valence-corrected chi connectivity index (χ4v) is 3.13. The summed E-state index contributed by atoms with van der Waals surface area (Å²) >= 11 is 1.60. The highest BCUT2D eigenvalue weighted by atomic mass is 32.2. The second-order valence-corrected chi connectivity index (χ2v) is 6.25. The zero-order valence-corrected chi connectivity index (χ0v) is 13.5. The van der Waals surface area contributed by atoms with E-state index in [9.17, 15) is 13.2 Å². The molecule has 0 saturated carbocycles. The number of pyridine rings is 1. The van der Waals surface area contributed by atoms with Crippen LogP contribution in [0.4, 0.5) is 13.2 Å². The first-order chi connectivity index (χ1) is 10.8. The number of hydrogen-bond acceptors (Lipinski definition) is 4. The minimum absolute atomic E-state index is 0.204. The number of rotatable bonds is 3. The van der Waals surface area contributed by atoms with E-state index in [4.69, 9.17) is 0 Å². The Bertz CT molecular complexity index is 865. The summed E-state index contributed by atoms with van der Waals surface area (Å²) in [6, 6.07) is 1.02. The smallest absolute Gasteiger partial charge is 0.328 e. The van der Waals surface area contributed by atoms with Crippen molar-refractivity contribution in [1.29, 1.82) is 0 Å². The molecule has 0 saturated heterocycles. The maximum absolute atomic E-state index is 12.8. The summed E-state index contributed by atoms with van der Waals surface area (Å²) in [4.78, 5) is 12.6. The highest BCUT2D eigenvalue weighted by Gasteiger charge is 2.32. The van der Waals surface area contributed by atoms with Crippen molar-refractivity contribution in [2.24, 2.45) is 14.1 Å². The molecule has 0 amide bonds. The zero-order valence-electron chi connectivity index (χ0n) is 12.7. The number of aryl methyl sites for hydroxylation is 2. The van der Waals surface area contributed by atoms with E-state index in [1.54, 1.807) is 29.7 Å². The molecule has 0 aromatic carbocycles. The van der Waals surface area contributed by atoms with Gasteiger partial charge >= 0.3 is 6.18 Å². The van der Waals surface area contributed by atoms with Crippen LogP contribution in [0.1, 0.15) is 12.5 Å². The minimum Gasteiger partial charge on any atom is -0.328 e. The van der Waals surface area contributed by atoms with Gasteiger partial charge < -0.3 is 9.13 Å². The summed E-state index contributed by atoms with van der Waals surface area (Å²) in [7, 11) is 3.59. The minimum atomic E-state index is -4.44. The van der Waals surface area contributed by atoms with E-state index in [1.807, 2.05) is 18.5 Å². The first-order valence-electron chi connectivity index (χ1n) is 6.87. The Kier molecular flexibility index (Phi) is 3.83. The summed E-state index contributed by atoms with van der Waals surface area (Å²) in [6.45, 7) is 2.02. The lowest BCUT2D eigenvalue weighted by molar-refractivity contribution is -0.137. The van der Waals surface area contributed by atoms with Gasteiger partial charge in [-0.1, -0.05) is 6.92 Å². The third-order valence-corrected chi connectivity index (χ3v) is 4.46. The van der Waals surface area contributed by atoms with Crippen LogP contribution in [0.5, 0.6) is 0 Å². The van der Waals surface area contributed by atoms with Crippen LogP contribution in [0, 0.1) is 0 Å². The Morgan fingerprint density at radius 1 is 1.22 bits per heavy atom. The summed E-state index contributed by atoms with van der Waals surface area (Å²) in [5.41, 5.74) is 0.439. The number of thioether (sulfide) groups is 1. The third-order valence-electron chi connectivity index (χ3n) is 3.41. The quantitative estimate of drug-likeness (QED) is 0.684. The Morgan fingerprint density at radius 2 is 1.96 bits per heavy atom. The number of imidazole rings is 2. The van der Waals surface area contributed by atoms with Gasteiger partial charge in [-0.3, -0.25) is 0 Å². The van der Waals surface area contributed by atoms with Crippen LogP contribution in [-0.2, 0) is 20.3 Å². The molecule has 0 aliphatic rings. The third kappa shape index (κ3) is 2.69. The van der Waals surface area contributed by atoms with E-state index in [1.165, 1.54) is 0 Å². The van der Waals surface area contributed by atoms with Gasteiger partial charge in [0.1, 0.15) is 16.2 Å². The number of fused-ring (bicyclic) bond motifs is 1. The van der Waals surface area contributed by atoms with Gasteiger partial charge in [0.25, 0.3) is 0 Å². The van der Waals surface area contributed by atoms with Crippen molar-refractivity contribution in [3.8, 4) is 11.5 Å². The number of aromatic nitrogens is 5. The molecule has 122 valence electrons. The molecule has 0 aliphatic heterocycles. The Hall–Kier alpha value is -2.03. The number of halogens is 3. The first-order valence-corrected chi connectivity index (χ1v) is 7.85. The Labute approximate surface area is 134 Å². The Morgan fingerprint density at radius 3 is 2.61 bits per heavy atom.